The van der Waals surface area contributed by atoms with Crippen molar-refractivity contribution in [1.29, 1.82) is 0 Å². The van der Waals surface area contributed by atoms with Crippen LogP contribution < -0.4 is 10.3 Å². The normalized spacial score (nSPS) is 12.0. The number of rotatable bonds is 4. The van der Waals surface area contributed by atoms with E-state index in [1.165, 1.54) is 0 Å². The summed E-state index contributed by atoms with van der Waals surface area (Å²) >= 11 is 0. The van der Waals surface area contributed by atoms with E-state index in [0.717, 1.165) is 44.3 Å². The SMILES string of the molecule is CN(C)c1ccc2nc3c4ccccc4/c(=N\c4ccc(CC(=O)O)cc4)cc-3oc2c1. The first-order valence-electron chi connectivity index (χ1n) is 10.3. The smallest absolute Gasteiger partial charge is 0.307 e. The maximum atomic E-state index is 10.9. The molecular formula is C26H21N3O3. The Balaban J connectivity index is 1.72. The van der Waals surface area contributed by atoms with Crippen LogP contribution in [0.25, 0.3) is 33.3 Å². The van der Waals surface area contributed by atoms with Gasteiger partial charge in [0, 0.05) is 42.7 Å². The van der Waals surface area contributed by atoms with E-state index in [1.807, 2.05) is 79.7 Å². The highest BCUT2D eigenvalue weighted by molar-refractivity contribution is 5.96. The third kappa shape index (κ3) is 3.67. The molecule has 6 nitrogen and oxygen atoms in total. The summed E-state index contributed by atoms with van der Waals surface area (Å²) in [7, 11) is 3.98. The molecule has 0 bridgehead atoms. The van der Waals surface area contributed by atoms with Crippen LogP contribution in [0.4, 0.5) is 11.4 Å². The number of carbonyl (C=O) groups is 1. The highest BCUT2D eigenvalue weighted by Crippen LogP contribution is 2.31. The van der Waals surface area contributed by atoms with Gasteiger partial charge in [0.15, 0.2) is 11.3 Å². The molecule has 0 aromatic heterocycles. The van der Waals surface area contributed by atoms with Crippen molar-refractivity contribution in [3.05, 3.63) is 83.7 Å². The van der Waals surface area contributed by atoms with Crippen LogP contribution in [0.3, 0.4) is 0 Å². The molecule has 0 atom stereocenters. The molecule has 3 aromatic rings. The van der Waals surface area contributed by atoms with E-state index in [2.05, 4.69) is 0 Å². The fraction of sp³-hybridized carbons (Fsp3) is 0.115. The number of aromatic nitrogens is 1. The van der Waals surface area contributed by atoms with Gasteiger partial charge in [-0.15, -0.1) is 0 Å². The van der Waals surface area contributed by atoms with Crippen LogP contribution in [0.2, 0.25) is 0 Å². The Kier molecular flexibility index (Phi) is 4.82. The minimum Gasteiger partial charge on any atom is -0.481 e. The molecule has 6 heteroatoms. The molecule has 0 amide bonds. The average Bonchev–Trinajstić information content (AvgIpc) is 2.78. The molecule has 1 aliphatic carbocycles. The molecule has 0 saturated heterocycles. The van der Waals surface area contributed by atoms with Gasteiger partial charge < -0.3 is 14.4 Å². The molecule has 1 aliphatic heterocycles. The summed E-state index contributed by atoms with van der Waals surface area (Å²) in [5.41, 5.74) is 4.82. The summed E-state index contributed by atoms with van der Waals surface area (Å²) in [5.74, 6) is -0.192. The van der Waals surface area contributed by atoms with E-state index in [0.29, 0.717) is 11.3 Å². The number of carboxylic acids is 1. The lowest BCUT2D eigenvalue weighted by molar-refractivity contribution is -0.136. The second-order valence-electron chi connectivity index (χ2n) is 7.90. The number of carboxylic acid groups (broad SMARTS) is 1. The van der Waals surface area contributed by atoms with Crippen molar-refractivity contribution in [1.82, 2.24) is 4.98 Å². The van der Waals surface area contributed by atoms with Gasteiger partial charge in [-0.2, -0.15) is 0 Å². The van der Waals surface area contributed by atoms with E-state index < -0.39 is 5.97 Å². The van der Waals surface area contributed by atoms with Crippen molar-refractivity contribution >= 4 is 39.2 Å². The Morgan fingerprint density at radius 2 is 1.75 bits per heavy atom. The molecular weight excluding hydrogens is 402 g/mol. The summed E-state index contributed by atoms with van der Waals surface area (Å²) in [6.07, 6.45) is -0.00819. The monoisotopic (exact) mass is 423 g/mol. The van der Waals surface area contributed by atoms with Crippen molar-refractivity contribution in [3.63, 3.8) is 0 Å². The Bertz CT molecular complexity index is 1500. The lowest BCUT2D eigenvalue weighted by atomic mass is 10.0. The van der Waals surface area contributed by atoms with Crippen LogP contribution in [0.5, 0.6) is 0 Å². The topological polar surface area (TPSA) is 78.9 Å². The second-order valence-corrected chi connectivity index (χ2v) is 7.90. The predicted molar refractivity (Wildman–Crippen MR) is 125 cm³/mol. The third-order valence-corrected chi connectivity index (χ3v) is 5.41. The van der Waals surface area contributed by atoms with Gasteiger partial charge in [0.25, 0.3) is 0 Å². The lowest BCUT2D eigenvalue weighted by Gasteiger charge is -2.14. The fourth-order valence-corrected chi connectivity index (χ4v) is 3.80. The fourth-order valence-electron chi connectivity index (χ4n) is 3.80. The number of anilines is 1. The number of fused-ring (bicyclic) bond motifs is 4. The first-order valence-corrected chi connectivity index (χ1v) is 10.3. The minimum absolute atomic E-state index is 0.00819. The quantitative estimate of drug-likeness (QED) is 0.325. The predicted octanol–water partition coefficient (Wildman–Crippen LogP) is 5.01. The van der Waals surface area contributed by atoms with Crippen LogP contribution in [0, 0.1) is 0 Å². The molecule has 1 heterocycles. The molecule has 0 saturated carbocycles. The Morgan fingerprint density at radius 1 is 1.00 bits per heavy atom. The van der Waals surface area contributed by atoms with Gasteiger partial charge in [0.05, 0.1) is 17.5 Å². The molecule has 158 valence electrons. The number of hydrogen-bond donors (Lipinski definition) is 1. The highest BCUT2D eigenvalue weighted by atomic mass is 16.4. The average molecular weight is 423 g/mol. The summed E-state index contributed by atoms with van der Waals surface area (Å²) in [4.78, 5) is 22.7. The number of benzene rings is 4. The molecule has 0 unspecified atom stereocenters. The summed E-state index contributed by atoms with van der Waals surface area (Å²) in [6.45, 7) is 0. The summed E-state index contributed by atoms with van der Waals surface area (Å²) in [5, 5.41) is 11.7. The second kappa shape index (κ2) is 7.81. The third-order valence-electron chi connectivity index (χ3n) is 5.41. The van der Waals surface area contributed by atoms with Gasteiger partial charge in [0.2, 0.25) is 0 Å². The van der Waals surface area contributed by atoms with Gasteiger partial charge in [-0.3, -0.25) is 4.79 Å². The van der Waals surface area contributed by atoms with Gasteiger partial charge in [-0.1, -0.05) is 36.4 Å². The molecule has 3 aromatic carbocycles. The standard InChI is InChI=1S/C26H21N3O3/c1-29(2)18-11-12-21-23(14-18)32-24-15-22(19-5-3-4-6-20(19)26(24)28-21)27-17-9-7-16(8-10-17)13-25(30)31/h3-12,14-15H,13H2,1-2H3,(H,30,31)/b27-22-. The van der Waals surface area contributed by atoms with Crippen LogP contribution in [0.15, 0.2) is 82.2 Å². The number of hydrogen-bond acceptors (Lipinski definition) is 5. The van der Waals surface area contributed by atoms with E-state index in [-0.39, 0.29) is 6.42 Å². The summed E-state index contributed by atoms with van der Waals surface area (Å²) < 4.78 is 6.27. The molecule has 32 heavy (non-hydrogen) atoms. The first-order chi connectivity index (χ1) is 15.5. The Morgan fingerprint density at radius 3 is 2.47 bits per heavy atom. The van der Waals surface area contributed by atoms with Gasteiger partial charge in [-0.25, -0.2) is 9.98 Å². The number of nitrogens with zero attached hydrogens (tertiary/aromatic N) is 3. The van der Waals surface area contributed by atoms with Crippen LogP contribution in [0.1, 0.15) is 5.56 Å². The highest BCUT2D eigenvalue weighted by Gasteiger charge is 2.15. The minimum atomic E-state index is -0.853. The largest absolute Gasteiger partial charge is 0.481 e. The van der Waals surface area contributed by atoms with E-state index in [4.69, 9.17) is 19.5 Å². The van der Waals surface area contributed by atoms with Crippen molar-refractivity contribution in [2.24, 2.45) is 4.99 Å². The molecule has 1 N–H and O–H groups in total. The molecule has 0 fully saturated rings. The Labute approximate surface area is 184 Å². The molecule has 2 aliphatic rings. The van der Waals surface area contributed by atoms with E-state index >= 15 is 0 Å². The summed E-state index contributed by atoms with van der Waals surface area (Å²) in [6, 6.07) is 23.1. The van der Waals surface area contributed by atoms with Crippen molar-refractivity contribution < 1.29 is 14.3 Å². The van der Waals surface area contributed by atoms with Gasteiger partial charge in [-0.05, 0) is 29.8 Å². The maximum absolute atomic E-state index is 10.9. The lowest BCUT2D eigenvalue weighted by Crippen LogP contribution is -2.08. The Hall–Kier alpha value is -4.19. The zero-order valence-corrected chi connectivity index (χ0v) is 17.7. The van der Waals surface area contributed by atoms with Gasteiger partial charge in [0.1, 0.15) is 11.2 Å². The zero-order chi connectivity index (χ0) is 22.2. The zero-order valence-electron chi connectivity index (χ0n) is 17.7. The van der Waals surface area contributed by atoms with E-state index in [9.17, 15) is 4.79 Å². The van der Waals surface area contributed by atoms with E-state index in [1.54, 1.807) is 12.1 Å². The van der Waals surface area contributed by atoms with Crippen molar-refractivity contribution in [3.8, 4) is 11.5 Å². The molecule has 0 radical (unpaired) electrons. The van der Waals surface area contributed by atoms with Crippen LogP contribution in [-0.2, 0) is 11.2 Å². The maximum Gasteiger partial charge on any atom is 0.307 e. The number of aliphatic carboxylic acids is 1. The van der Waals surface area contributed by atoms with Crippen molar-refractivity contribution in [2.75, 3.05) is 19.0 Å². The van der Waals surface area contributed by atoms with Crippen LogP contribution in [-0.4, -0.2) is 30.2 Å². The van der Waals surface area contributed by atoms with Gasteiger partial charge >= 0.3 is 5.97 Å². The molecule has 0 spiro atoms. The first kappa shape index (κ1) is 19.8. The van der Waals surface area contributed by atoms with Crippen molar-refractivity contribution in [2.45, 2.75) is 6.42 Å². The molecule has 5 rings (SSSR count). The van der Waals surface area contributed by atoms with Crippen LogP contribution >= 0.6 is 0 Å².